The number of fused-ring (bicyclic) bond motifs is 14. The third-order valence-electron chi connectivity index (χ3n) is 12.6. The molecule has 0 N–H and O–H groups in total. The molecule has 4 heteroatoms. The first-order valence-electron chi connectivity index (χ1n) is 18.6. The Morgan fingerprint density at radius 1 is 0.444 bits per heavy atom. The molecule has 7 aromatic carbocycles. The maximum Gasteiger partial charge on any atom is 0.101 e. The molecular formula is C50H34N4. The third-order valence-corrected chi connectivity index (χ3v) is 12.6. The molecule has 0 bridgehead atoms. The van der Waals surface area contributed by atoms with E-state index in [-0.39, 0.29) is 10.8 Å². The zero-order valence-electron chi connectivity index (χ0n) is 30.5. The summed E-state index contributed by atoms with van der Waals surface area (Å²) in [4.78, 5) is 0. The number of nitriles is 2. The first-order chi connectivity index (χ1) is 26.3. The number of hydrogen-bond donors (Lipinski definition) is 0. The van der Waals surface area contributed by atoms with Crippen LogP contribution in [0.3, 0.4) is 0 Å². The second-order valence-electron chi connectivity index (χ2n) is 15.9. The van der Waals surface area contributed by atoms with Gasteiger partial charge in [-0.05, 0) is 80.9 Å². The summed E-state index contributed by atoms with van der Waals surface area (Å²) in [6.07, 6.45) is 0. The minimum Gasteiger partial charge on any atom is -0.309 e. The number of benzene rings is 7. The van der Waals surface area contributed by atoms with E-state index >= 15 is 0 Å². The van der Waals surface area contributed by atoms with Crippen molar-refractivity contribution in [2.75, 3.05) is 0 Å². The number of rotatable bonds is 2. The highest BCUT2D eigenvalue weighted by Gasteiger charge is 2.39. The Bertz CT molecular complexity index is 3210. The fourth-order valence-electron chi connectivity index (χ4n) is 10.2. The fraction of sp³-hybridized carbons (Fsp3) is 0.120. The smallest absolute Gasteiger partial charge is 0.101 e. The van der Waals surface area contributed by atoms with Crippen molar-refractivity contribution in [2.45, 2.75) is 38.5 Å². The van der Waals surface area contributed by atoms with E-state index in [2.05, 4.69) is 164 Å². The molecule has 0 radical (unpaired) electrons. The molecule has 0 spiro atoms. The topological polar surface area (TPSA) is 57.4 Å². The van der Waals surface area contributed by atoms with Crippen molar-refractivity contribution in [3.63, 3.8) is 0 Å². The summed E-state index contributed by atoms with van der Waals surface area (Å²) in [6.45, 7) is 9.21. The molecule has 0 atom stereocenters. The molecule has 0 fully saturated rings. The van der Waals surface area contributed by atoms with E-state index in [9.17, 15) is 10.5 Å². The van der Waals surface area contributed by atoms with E-state index < -0.39 is 0 Å². The van der Waals surface area contributed by atoms with Gasteiger partial charge in [-0.15, -0.1) is 0 Å². The monoisotopic (exact) mass is 690 g/mol. The van der Waals surface area contributed by atoms with Crippen LogP contribution in [0.2, 0.25) is 0 Å². The maximum absolute atomic E-state index is 11.0. The van der Waals surface area contributed by atoms with Crippen molar-refractivity contribution in [2.24, 2.45) is 0 Å². The number of aromatic nitrogens is 2. The van der Waals surface area contributed by atoms with E-state index in [0.29, 0.717) is 16.8 Å². The average Bonchev–Trinajstić information content (AvgIpc) is 3.86. The number of hydrogen-bond acceptors (Lipinski definition) is 2. The molecule has 0 unspecified atom stereocenters. The van der Waals surface area contributed by atoms with Crippen LogP contribution >= 0.6 is 0 Å². The third kappa shape index (κ3) is 3.65. The molecule has 0 aliphatic heterocycles. The molecule has 54 heavy (non-hydrogen) atoms. The lowest BCUT2D eigenvalue weighted by Gasteiger charge is -2.21. The SMILES string of the molecule is CC1(C)c2ccccc2-c2c1ccc1c2c2ccccc2n1-c1cc(C#N)c(-n2c3ccccc3c3c4c(ccc32)C(C)(C)c2ccccc2-4)c(C#N)c1. The highest BCUT2D eigenvalue weighted by Crippen LogP contribution is 2.55. The predicted molar refractivity (Wildman–Crippen MR) is 220 cm³/mol. The summed E-state index contributed by atoms with van der Waals surface area (Å²) >= 11 is 0. The second kappa shape index (κ2) is 10.4. The van der Waals surface area contributed by atoms with Gasteiger partial charge in [0.15, 0.2) is 0 Å². The second-order valence-corrected chi connectivity index (χ2v) is 15.9. The Hall–Kier alpha value is -6.88. The van der Waals surface area contributed by atoms with Crippen LogP contribution in [0.4, 0.5) is 0 Å². The van der Waals surface area contributed by atoms with Crippen LogP contribution in [0, 0.1) is 22.7 Å². The molecule has 9 aromatic rings. The highest BCUT2D eigenvalue weighted by atomic mass is 15.0. The largest absolute Gasteiger partial charge is 0.309 e. The van der Waals surface area contributed by atoms with Crippen LogP contribution in [0.25, 0.3) is 77.2 Å². The molecule has 0 amide bonds. The molecule has 2 aliphatic rings. The van der Waals surface area contributed by atoms with E-state index in [1.807, 2.05) is 18.2 Å². The van der Waals surface area contributed by atoms with Crippen LogP contribution < -0.4 is 0 Å². The van der Waals surface area contributed by atoms with E-state index in [4.69, 9.17) is 0 Å². The molecule has 0 saturated heterocycles. The lowest BCUT2D eigenvalue weighted by Crippen LogP contribution is -2.14. The van der Waals surface area contributed by atoms with Crippen molar-refractivity contribution in [1.29, 1.82) is 10.5 Å². The average molecular weight is 691 g/mol. The maximum atomic E-state index is 11.0. The highest BCUT2D eigenvalue weighted by molar-refractivity contribution is 6.19. The molecule has 0 saturated carbocycles. The van der Waals surface area contributed by atoms with Gasteiger partial charge < -0.3 is 9.13 Å². The van der Waals surface area contributed by atoms with Gasteiger partial charge in [-0.2, -0.15) is 10.5 Å². The van der Waals surface area contributed by atoms with Gasteiger partial charge in [0.05, 0.1) is 38.9 Å². The van der Waals surface area contributed by atoms with E-state index in [1.165, 1.54) is 49.9 Å². The summed E-state index contributed by atoms with van der Waals surface area (Å²) in [5, 5.41) is 26.6. The van der Waals surface area contributed by atoms with Crippen LogP contribution in [0.5, 0.6) is 0 Å². The predicted octanol–water partition coefficient (Wildman–Crippen LogP) is 12.2. The fourth-order valence-corrected chi connectivity index (χ4v) is 10.2. The van der Waals surface area contributed by atoms with Crippen LogP contribution in [-0.4, -0.2) is 9.13 Å². The molecular weight excluding hydrogens is 657 g/mol. The Morgan fingerprint density at radius 2 is 0.870 bits per heavy atom. The normalized spacial score (nSPS) is 14.6. The Balaban J connectivity index is 1.21. The molecule has 4 nitrogen and oxygen atoms in total. The molecule has 11 rings (SSSR count). The van der Waals surface area contributed by atoms with Gasteiger partial charge in [-0.3, -0.25) is 0 Å². The van der Waals surface area contributed by atoms with E-state index in [0.717, 1.165) is 43.9 Å². The molecule has 2 heterocycles. The summed E-state index contributed by atoms with van der Waals surface area (Å²) in [6, 6.07) is 52.3. The van der Waals surface area contributed by atoms with Crippen molar-refractivity contribution in [3.8, 4) is 45.8 Å². The first kappa shape index (κ1) is 30.7. The van der Waals surface area contributed by atoms with Crippen molar-refractivity contribution in [1.82, 2.24) is 9.13 Å². The Kier molecular flexibility index (Phi) is 5.90. The molecule has 254 valence electrons. The zero-order chi connectivity index (χ0) is 36.7. The van der Waals surface area contributed by atoms with Gasteiger partial charge in [0.2, 0.25) is 0 Å². The summed E-state index contributed by atoms with van der Waals surface area (Å²) in [5.74, 6) is 0. The van der Waals surface area contributed by atoms with Crippen molar-refractivity contribution >= 4 is 43.6 Å². The standard InChI is InChI=1S/C50H34N4/c1-49(2)36-17-9-5-13-32(36)44-38(49)21-23-42-46(44)34-15-7-11-19-40(34)53(42)31-25-29(27-51)48(30(26-31)28-52)54-41-20-12-8-16-35(41)47-43(54)24-22-39-45(47)33-14-6-10-18-37(33)50(39,3)4/h5-26H,1-4H3. The Labute approximate surface area is 313 Å². The van der Waals surface area contributed by atoms with Crippen molar-refractivity contribution < 1.29 is 0 Å². The van der Waals surface area contributed by atoms with Gasteiger partial charge in [0, 0.05) is 38.1 Å². The summed E-state index contributed by atoms with van der Waals surface area (Å²) in [5.41, 5.74) is 16.3. The number of nitrogens with zero attached hydrogens (tertiary/aromatic N) is 4. The van der Waals surface area contributed by atoms with Gasteiger partial charge in [0.1, 0.15) is 12.1 Å². The van der Waals surface area contributed by atoms with Crippen LogP contribution in [-0.2, 0) is 10.8 Å². The van der Waals surface area contributed by atoms with Gasteiger partial charge >= 0.3 is 0 Å². The van der Waals surface area contributed by atoms with E-state index in [1.54, 1.807) is 0 Å². The minimum absolute atomic E-state index is 0.132. The number of para-hydroxylation sites is 2. The Morgan fingerprint density at radius 3 is 1.37 bits per heavy atom. The van der Waals surface area contributed by atoms with Gasteiger partial charge in [-0.1, -0.05) is 125 Å². The molecule has 2 aromatic heterocycles. The lowest BCUT2D eigenvalue weighted by molar-refractivity contribution is 0.660. The first-order valence-corrected chi connectivity index (χ1v) is 18.6. The van der Waals surface area contributed by atoms with Gasteiger partial charge in [0.25, 0.3) is 0 Å². The summed E-state index contributed by atoms with van der Waals surface area (Å²) in [7, 11) is 0. The van der Waals surface area contributed by atoms with Crippen molar-refractivity contribution in [3.05, 3.63) is 167 Å². The van der Waals surface area contributed by atoms with Crippen LogP contribution in [0.1, 0.15) is 61.1 Å². The quantitative estimate of drug-likeness (QED) is 0.181. The summed E-state index contributed by atoms with van der Waals surface area (Å²) < 4.78 is 4.39. The van der Waals surface area contributed by atoms with Crippen LogP contribution in [0.15, 0.2) is 133 Å². The van der Waals surface area contributed by atoms with Gasteiger partial charge in [-0.25, -0.2) is 0 Å². The lowest BCUT2D eigenvalue weighted by atomic mass is 9.82. The zero-order valence-corrected chi connectivity index (χ0v) is 30.5. The molecule has 2 aliphatic carbocycles. The minimum atomic E-state index is -0.152.